The van der Waals surface area contributed by atoms with Gasteiger partial charge < -0.3 is 30.2 Å². The van der Waals surface area contributed by atoms with Crippen molar-refractivity contribution < 1.29 is 28.2 Å². The quantitative estimate of drug-likeness (QED) is 0.195. The number of methoxy groups -OCH3 is 1. The summed E-state index contributed by atoms with van der Waals surface area (Å²) in [5, 5.41) is 8.97. The van der Waals surface area contributed by atoms with E-state index in [2.05, 4.69) is 27.0 Å². The highest BCUT2D eigenvalue weighted by atomic mass is 32.1. The fourth-order valence-electron chi connectivity index (χ4n) is 5.08. The molecule has 1 aliphatic heterocycles. The maximum absolute atomic E-state index is 15.2. The number of nitrogens with zero attached hydrogens (tertiary/aromatic N) is 1. The number of halogens is 1. The van der Waals surface area contributed by atoms with Crippen LogP contribution in [0.3, 0.4) is 0 Å². The van der Waals surface area contributed by atoms with Crippen LogP contribution in [0.25, 0.3) is 16.0 Å². The van der Waals surface area contributed by atoms with E-state index in [0.717, 1.165) is 40.4 Å². The Bertz CT molecular complexity index is 1600. The molecule has 2 atom stereocenters. The number of pyridine rings is 1. The van der Waals surface area contributed by atoms with Crippen LogP contribution in [0.1, 0.15) is 30.6 Å². The van der Waals surface area contributed by atoms with Crippen LogP contribution in [0.5, 0.6) is 5.75 Å². The maximum atomic E-state index is 15.2. The lowest BCUT2D eigenvalue weighted by molar-refractivity contribution is -0.134. The molecule has 1 saturated carbocycles. The van der Waals surface area contributed by atoms with Crippen LogP contribution in [0.4, 0.5) is 10.1 Å². The smallest absolute Gasteiger partial charge is 0.240 e. The highest BCUT2D eigenvalue weighted by Gasteiger charge is 2.56. The van der Waals surface area contributed by atoms with E-state index in [-0.39, 0.29) is 17.8 Å². The predicted octanol–water partition coefficient (Wildman–Crippen LogP) is 5.09. The van der Waals surface area contributed by atoms with Crippen molar-refractivity contribution in [2.75, 3.05) is 32.1 Å². The van der Waals surface area contributed by atoms with Gasteiger partial charge in [0.15, 0.2) is 11.6 Å². The largest absolute Gasteiger partial charge is 0.488 e. The molecule has 2 aliphatic carbocycles. The van der Waals surface area contributed by atoms with E-state index in [1.165, 1.54) is 17.4 Å². The summed E-state index contributed by atoms with van der Waals surface area (Å²) >= 11 is 1.48. The number of aromatic nitrogens is 1. The van der Waals surface area contributed by atoms with Gasteiger partial charge in [0, 0.05) is 44.6 Å². The monoisotopic (exact) mass is 604 g/mol. The molecule has 224 valence electrons. The summed E-state index contributed by atoms with van der Waals surface area (Å²) in [6.07, 6.45) is 8.74. The van der Waals surface area contributed by atoms with Gasteiger partial charge in [0.05, 0.1) is 27.7 Å². The molecule has 0 radical (unpaired) electrons. The number of para-hydroxylation sites is 1. The van der Waals surface area contributed by atoms with E-state index in [4.69, 9.17) is 14.2 Å². The van der Waals surface area contributed by atoms with E-state index in [9.17, 15) is 9.59 Å². The molecule has 3 aromatic rings. The van der Waals surface area contributed by atoms with Crippen molar-refractivity contribution in [2.24, 2.45) is 5.41 Å². The van der Waals surface area contributed by atoms with Crippen LogP contribution in [0.15, 0.2) is 78.5 Å². The highest BCUT2D eigenvalue weighted by molar-refractivity contribution is 7.20. The SMILES string of the molecule is COCCNCC1CC=C(c2cc3nccc(OC4=CCC(NC(=O)C5(C(=O)Nc6ccccc6)CC5)C=C4F)c3s2)O1. The first-order chi connectivity index (χ1) is 20.9. The molecule has 0 bridgehead atoms. The minimum Gasteiger partial charge on any atom is -0.488 e. The van der Waals surface area contributed by atoms with Gasteiger partial charge in [0.1, 0.15) is 23.0 Å². The number of hydrogen-bond acceptors (Lipinski definition) is 8. The first kappa shape index (κ1) is 29.0. The van der Waals surface area contributed by atoms with E-state index in [0.29, 0.717) is 37.3 Å². The van der Waals surface area contributed by atoms with E-state index < -0.39 is 23.2 Å². The molecule has 1 fully saturated rings. The van der Waals surface area contributed by atoms with Gasteiger partial charge in [-0.25, -0.2) is 4.39 Å². The molecule has 11 heteroatoms. The number of fused-ring (bicyclic) bond motifs is 1. The zero-order chi connectivity index (χ0) is 29.8. The van der Waals surface area contributed by atoms with Gasteiger partial charge in [-0.1, -0.05) is 18.2 Å². The van der Waals surface area contributed by atoms with Gasteiger partial charge in [-0.05, 0) is 55.7 Å². The Kier molecular flexibility index (Phi) is 8.55. The summed E-state index contributed by atoms with van der Waals surface area (Å²) in [4.78, 5) is 31.3. The summed E-state index contributed by atoms with van der Waals surface area (Å²) in [5.74, 6) is 0.0496. The minimum absolute atomic E-state index is 0.0499. The number of benzene rings is 1. The predicted molar refractivity (Wildman–Crippen MR) is 163 cm³/mol. The number of amides is 2. The van der Waals surface area contributed by atoms with Crippen LogP contribution in [0, 0.1) is 5.41 Å². The van der Waals surface area contributed by atoms with Crippen LogP contribution < -0.4 is 20.7 Å². The normalized spacial score (nSPS) is 20.5. The van der Waals surface area contributed by atoms with E-state index >= 15 is 4.39 Å². The molecule has 2 aromatic heterocycles. The molecule has 6 rings (SSSR count). The Morgan fingerprint density at radius 3 is 2.74 bits per heavy atom. The number of anilines is 1. The number of thiophene rings is 1. The molecule has 0 saturated heterocycles. The Morgan fingerprint density at radius 2 is 1.98 bits per heavy atom. The van der Waals surface area contributed by atoms with Crippen molar-refractivity contribution >= 4 is 44.8 Å². The Labute approximate surface area is 252 Å². The second kappa shape index (κ2) is 12.7. The van der Waals surface area contributed by atoms with Crippen molar-refractivity contribution in [3.8, 4) is 5.75 Å². The maximum Gasteiger partial charge on any atom is 0.240 e. The van der Waals surface area contributed by atoms with Crippen molar-refractivity contribution in [3.05, 3.63) is 83.4 Å². The fourth-order valence-corrected chi connectivity index (χ4v) is 6.13. The summed E-state index contributed by atoms with van der Waals surface area (Å²) in [6.45, 7) is 2.14. The molecule has 43 heavy (non-hydrogen) atoms. The number of ether oxygens (including phenoxy) is 3. The van der Waals surface area contributed by atoms with Crippen molar-refractivity contribution in [1.82, 2.24) is 15.6 Å². The topological polar surface area (TPSA) is 111 Å². The molecule has 1 aromatic carbocycles. The van der Waals surface area contributed by atoms with E-state index in [1.54, 1.807) is 37.6 Å². The minimum atomic E-state index is -1.13. The fraction of sp³-hybridized carbons (Fsp3) is 0.344. The molecule has 3 heterocycles. The van der Waals surface area contributed by atoms with Gasteiger partial charge in [0.2, 0.25) is 11.8 Å². The Balaban J connectivity index is 1.06. The molecule has 2 unspecified atom stereocenters. The zero-order valence-electron chi connectivity index (χ0n) is 23.7. The lowest BCUT2D eigenvalue weighted by atomic mass is 10.0. The second-order valence-electron chi connectivity index (χ2n) is 10.8. The molecular formula is C32H33FN4O5S. The summed E-state index contributed by atoms with van der Waals surface area (Å²) in [5.41, 5.74) is 0.239. The first-order valence-corrected chi connectivity index (χ1v) is 15.2. The molecule has 0 spiro atoms. The van der Waals surface area contributed by atoms with Crippen molar-refractivity contribution in [2.45, 2.75) is 37.8 Å². The lowest BCUT2D eigenvalue weighted by Crippen LogP contribution is -2.44. The number of rotatable bonds is 12. The molecule has 2 amide bonds. The zero-order valence-corrected chi connectivity index (χ0v) is 24.5. The number of carbonyl (C=O) groups excluding carboxylic acids is 2. The second-order valence-corrected chi connectivity index (χ2v) is 11.8. The Hall–Kier alpha value is -4.06. The average molecular weight is 605 g/mol. The average Bonchev–Trinajstić information content (AvgIpc) is 3.49. The number of carbonyl (C=O) groups is 2. The summed E-state index contributed by atoms with van der Waals surface area (Å²) < 4.78 is 33.2. The van der Waals surface area contributed by atoms with Crippen LogP contribution >= 0.6 is 11.3 Å². The lowest BCUT2D eigenvalue weighted by Gasteiger charge is -2.22. The van der Waals surface area contributed by atoms with E-state index in [1.807, 2.05) is 24.3 Å². The number of allylic oxidation sites excluding steroid dienone is 1. The highest BCUT2D eigenvalue weighted by Crippen LogP contribution is 2.47. The third kappa shape index (κ3) is 6.48. The van der Waals surface area contributed by atoms with Gasteiger partial charge in [-0.2, -0.15) is 0 Å². The van der Waals surface area contributed by atoms with Gasteiger partial charge >= 0.3 is 0 Å². The molecule has 3 N–H and O–H groups in total. The Morgan fingerprint density at radius 1 is 1.14 bits per heavy atom. The molecule has 9 nitrogen and oxygen atoms in total. The molecular weight excluding hydrogens is 571 g/mol. The summed E-state index contributed by atoms with van der Waals surface area (Å²) in [6, 6.07) is 12.1. The summed E-state index contributed by atoms with van der Waals surface area (Å²) in [7, 11) is 1.67. The van der Waals surface area contributed by atoms with Crippen molar-refractivity contribution in [1.29, 1.82) is 0 Å². The number of hydrogen-bond donors (Lipinski definition) is 3. The van der Waals surface area contributed by atoms with Crippen LogP contribution in [-0.2, 0) is 19.1 Å². The standard InChI is InChI=1S/C32H33FN4O5S/c1-40-16-15-34-19-22-8-10-26(41-22)28-18-24-29(43-28)27(11-14-35-24)42-25-9-7-21(17-23(25)33)37-31(39)32(12-13-32)30(38)36-20-5-3-2-4-6-20/h2-6,9-11,14,17-18,21-22,34H,7-8,12-13,15-16,19H2,1H3,(H,36,38)(H,37,39). The first-order valence-electron chi connectivity index (χ1n) is 14.3. The molecule has 3 aliphatic rings. The van der Waals surface area contributed by atoms with Gasteiger partial charge in [-0.15, -0.1) is 11.3 Å². The van der Waals surface area contributed by atoms with Crippen molar-refractivity contribution in [3.63, 3.8) is 0 Å². The van der Waals surface area contributed by atoms with Crippen LogP contribution in [0.2, 0.25) is 0 Å². The van der Waals surface area contributed by atoms with Crippen LogP contribution in [-0.4, -0.2) is 55.8 Å². The third-order valence-electron chi connectivity index (χ3n) is 7.66. The van der Waals surface area contributed by atoms with Gasteiger partial charge in [-0.3, -0.25) is 14.6 Å². The van der Waals surface area contributed by atoms with Gasteiger partial charge in [0.25, 0.3) is 0 Å². The number of nitrogens with one attached hydrogen (secondary N) is 3. The third-order valence-corrected chi connectivity index (χ3v) is 8.81.